The number of aryl methyl sites for hydroxylation is 2. The van der Waals surface area contributed by atoms with Crippen LogP contribution in [0.3, 0.4) is 0 Å². The van der Waals surface area contributed by atoms with Gasteiger partial charge in [0, 0.05) is 17.4 Å². The highest BCUT2D eigenvalue weighted by molar-refractivity contribution is 6.32. The number of hydrogen-bond donors (Lipinski definition) is 1. The molecule has 4 atom stereocenters. The van der Waals surface area contributed by atoms with Gasteiger partial charge in [-0.2, -0.15) is 0 Å². The first-order valence-electron chi connectivity index (χ1n) is 11.9. The molecule has 2 aromatic rings. The quantitative estimate of drug-likeness (QED) is 0.430. The van der Waals surface area contributed by atoms with E-state index < -0.39 is 12.6 Å². The fourth-order valence-electron chi connectivity index (χ4n) is 4.71. The van der Waals surface area contributed by atoms with Crippen LogP contribution in [0, 0.1) is 19.8 Å². The molecule has 0 bridgehead atoms. The Balaban J connectivity index is 2.08. The third-order valence-electron chi connectivity index (χ3n) is 6.98. The van der Waals surface area contributed by atoms with Crippen LogP contribution in [0.4, 0.5) is 0 Å². The Hall–Kier alpha value is -2.30. The zero-order valence-corrected chi connectivity index (χ0v) is 22.1. The van der Waals surface area contributed by atoms with Crippen LogP contribution in [0.2, 0.25) is 5.02 Å². The molecule has 2 aromatic carbocycles. The number of halogens is 1. The maximum atomic E-state index is 11.3. The predicted molar refractivity (Wildman–Crippen MR) is 138 cm³/mol. The monoisotopic (exact) mass is 484 g/mol. The third kappa shape index (κ3) is 5.67. The molecular formula is C29H37ClO4. The van der Waals surface area contributed by atoms with Crippen LogP contribution in [0.15, 0.2) is 42.5 Å². The van der Waals surface area contributed by atoms with Crippen LogP contribution in [0.25, 0.3) is 0 Å². The number of benzene rings is 2. The van der Waals surface area contributed by atoms with E-state index in [4.69, 9.17) is 21.1 Å². The summed E-state index contributed by atoms with van der Waals surface area (Å²) in [6.45, 7) is 18.6. The molecule has 1 heterocycles. The van der Waals surface area contributed by atoms with Gasteiger partial charge in [-0.3, -0.25) is 0 Å². The number of carboxylic acid groups (broad SMARTS) is 1. The average Bonchev–Trinajstić information content (AvgIpc) is 2.73. The first kappa shape index (κ1) is 26.3. The molecule has 0 spiro atoms. The van der Waals surface area contributed by atoms with Crippen molar-refractivity contribution in [2.45, 2.75) is 78.4 Å². The van der Waals surface area contributed by atoms with E-state index in [1.807, 2.05) is 13.0 Å². The molecule has 184 valence electrons. The Morgan fingerprint density at radius 2 is 1.88 bits per heavy atom. The van der Waals surface area contributed by atoms with Crippen molar-refractivity contribution < 1.29 is 19.4 Å². The van der Waals surface area contributed by atoms with E-state index in [0.717, 1.165) is 23.1 Å². The molecule has 34 heavy (non-hydrogen) atoms. The van der Waals surface area contributed by atoms with Crippen molar-refractivity contribution in [3.63, 3.8) is 0 Å². The molecule has 0 radical (unpaired) electrons. The average molecular weight is 485 g/mol. The smallest absolute Gasteiger partial charge is 0.341 e. The minimum atomic E-state index is -1.05. The molecule has 4 nitrogen and oxygen atoms in total. The largest absolute Gasteiger partial charge is 0.480 e. The lowest BCUT2D eigenvalue weighted by Crippen LogP contribution is -2.35. The van der Waals surface area contributed by atoms with E-state index >= 15 is 0 Å². The maximum absolute atomic E-state index is 11.3. The molecule has 0 aromatic heterocycles. The lowest BCUT2D eigenvalue weighted by Gasteiger charge is -2.42. The minimum Gasteiger partial charge on any atom is -0.480 e. The first-order chi connectivity index (χ1) is 15.8. The highest BCUT2D eigenvalue weighted by atomic mass is 35.5. The van der Waals surface area contributed by atoms with Gasteiger partial charge < -0.3 is 14.6 Å². The lowest BCUT2D eigenvalue weighted by atomic mass is 9.74. The van der Waals surface area contributed by atoms with Crippen LogP contribution in [0.1, 0.15) is 80.9 Å². The number of aliphatic carboxylic acids is 1. The number of hydrogen-bond acceptors (Lipinski definition) is 3. The van der Waals surface area contributed by atoms with Gasteiger partial charge in [0.2, 0.25) is 0 Å². The molecule has 1 aliphatic heterocycles. The molecule has 1 N–H and O–H groups in total. The normalized spacial score (nSPS) is 22.9. The maximum Gasteiger partial charge on any atom is 0.341 e. The van der Waals surface area contributed by atoms with Crippen LogP contribution >= 0.6 is 11.6 Å². The van der Waals surface area contributed by atoms with Gasteiger partial charge in [0.15, 0.2) is 6.61 Å². The zero-order chi connectivity index (χ0) is 25.4. The van der Waals surface area contributed by atoms with E-state index in [9.17, 15) is 9.90 Å². The second kappa shape index (κ2) is 10.1. The molecule has 5 heteroatoms. The summed E-state index contributed by atoms with van der Waals surface area (Å²) in [6, 6.07) is 10.5. The number of carbonyl (C=O) groups is 1. The Bertz CT molecular complexity index is 1080. The highest BCUT2D eigenvalue weighted by Crippen LogP contribution is 2.50. The summed E-state index contributed by atoms with van der Waals surface area (Å²) in [5, 5.41) is 9.62. The summed E-state index contributed by atoms with van der Waals surface area (Å²) in [5.74, 6) is -0.417. The molecule has 1 saturated heterocycles. The van der Waals surface area contributed by atoms with Gasteiger partial charge >= 0.3 is 5.97 Å². The van der Waals surface area contributed by atoms with Crippen LogP contribution < -0.4 is 4.74 Å². The van der Waals surface area contributed by atoms with E-state index in [-0.39, 0.29) is 29.5 Å². The Morgan fingerprint density at radius 1 is 1.21 bits per heavy atom. The summed E-state index contributed by atoms with van der Waals surface area (Å²) in [7, 11) is 0. The van der Waals surface area contributed by atoms with E-state index in [1.165, 1.54) is 16.7 Å². The number of carboxylic acids is 1. The predicted octanol–water partition coefficient (Wildman–Crippen LogP) is 7.54. The molecule has 0 aliphatic carbocycles. The van der Waals surface area contributed by atoms with Gasteiger partial charge in [0.05, 0.1) is 17.2 Å². The zero-order valence-electron chi connectivity index (χ0n) is 21.4. The minimum absolute atomic E-state index is 0.0290. The molecule has 3 rings (SSSR count). The summed E-state index contributed by atoms with van der Waals surface area (Å²) in [5.41, 5.74) is 6.52. The third-order valence-corrected chi connectivity index (χ3v) is 7.26. The van der Waals surface area contributed by atoms with Crippen molar-refractivity contribution in [2.24, 2.45) is 5.92 Å². The van der Waals surface area contributed by atoms with Gasteiger partial charge in [-0.15, -0.1) is 0 Å². The van der Waals surface area contributed by atoms with Crippen LogP contribution in [0.5, 0.6) is 5.75 Å². The summed E-state index contributed by atoms with van der Waals surface area (Å²) in [4.78, 5) is 11.3. The van der Waals surface area contributed by atoms with Crippen molar-refractivity contribution >= 4 is 17.6 Å². The Labute approximate surface area is 208 Å². The fraction of sp³-hybridized carbons (Fsp3) is 0.483. The number of ether oxygens (including phenoxy) is 2. The van der Waals surface area contributed by atoms with Crippen molar-refractivity contribution in [3.05, 3.63) is 75.3 Å². The Kier molecular flexibility index (Phi) is 7.84. The van der Waals surface area contributed by atoms with E-state index in [1.54, 1.807) is 0 Å². The van der Waals surface area contributed by atoms with Crippen LogP contribution in [-0.4, -0.2) is 23.8 Å². The summed E-state index contributed by atoms with van der Waals surface area (Å²) < 4.78 is 12.4. The standard InChI is InChI=1S/C29H37ClO4/c1-16(2)22-14-23(20-10-9-17(3)18(4)11-20)19(5)34-27(22)24-12-21(29(6,7)8)13-25(30)28(24)33-15-26(31)32/h9-13,19,22-23,27H,1,14-15H2,2-8H3,(H,31,32)/t19-,22+,23-,27-/m0/s1. The highest BCUT2D eigenvalue weighted by Gasteiger charge is 2.40. The second-order valence-corrected chi connectivity index (χ2v) is 11.1. The molecule has 1 fully saturated rings. The summed E-state index contributed by atoms with van der Waals surface area (Å²) in [6.07, 6.45) is 0.491. The van der Waals surface area contributed by atoms with Gasteiger partial charge in [0.25, 0.3) is 0 Å². The van der Waals surface area contributed by atoms with Gasteiger partial charge in [-0.05, 0) is 73.9 Å². The molecular weight excluding hydrogens is 448 g/mol. The van der Waals surface area contributed by atoms with E-state index in [2.05, 4.69) is 72.4 Å². The van der Waals surface area contributed by atoms with Crippen molar-refractivity contribution in [3.8, 4) is 5.75 Å². The summed E-state index contributed by atoms with van der Waals surface area (Å²) >= 11 is 6.67. The van der Waals surface area contributed by atoms with Crippen molar-refractivity contribution in [2.75, 3.05) is 6.61 Å². The fourth-order valence-corrected chi connectivity index (χ4v) is 4.99. The van der Waals surface area contributed by atoms with Gasteiger partial charge in [0.1, 0.15) is 5.75 Å². The van der Waals surface area contributed by atoms with Crippen LogP contribution in [-0.2, 0) is 14.9 Å². The first-order valence-corrected chi connectivity index (χ1v) is 12.2. The van der Waals surface area contributed by atoms with E-state index in [0.29, 0.717) is 10.8 Å². The van der Waals surface area contributed by atoms with Crippen molar-refractivity contribution in [1.29, 1.82) is 0 Å². The molecule has 0 unspecified atom stereocenters. The lowest BCUT2D eigenvalue weighted by molar-refractivity contribution is -0.139. The molecule has 0 saturated carbocycles. The van der Waals surface area contributed by atoms with Gasteiger partial charge in [-0.1, -0.05) is 62.7 Å². The SMILES string of the molecule is C=C(C)[C@H]1C[C@H](c2ccc(C)c(C)c2)[C@H](C)O[C@@H]1c1cc(C(C)(C)C)cc(Cl)c1OCC(=O)O. The van der Waals surface area contributed by atoms with Gasteiger partial charge in [-0.25, -0.2) is 4.79 Å². The number of rotatable bonds is 6. The topological polar surface area (TPSA) is 55.8 Å². The second-order valence-electron chi connectivity index (χ2n) is 10.7. The van der Waals surface area contributed by atoms with Crippen molar-refractivity contribution in [1.82, 2.24) is 0 Å². The molecule has 0 amide bonds. The molecule has 1 aliphatic rings. The Morgan fingerprint density at radius 3 is 2.44 bits per heavy atom.